The highest BCUT2D eigenvalue weighted by molar-refractivity contribution is 8.00. The third-order valence-electron chi connectivity index (χ3n) is 6.92. The number of benzene rings is 2. The molecule has 0 amide bonds. The summed E-state index contributed by atoms with van der Waals surface area (Å²) in [6.07, 6.45) is 13.9. The van der Waals surface area contributed by atoms with Crippen LogP contribution in [0, 0.1) is 6.92 Å². The fraction of sp³-hybridized carbons (Fsp3) is 0.447. The number of carbonyl (C=O) groups is 1. The van der Waals surface area contributed by atoms with E-state index in [2.05, 4.69) is 45.6 Å². The second-order valence-corrected chi connectivity index (χ2v) is 11.6. The fourth-order valence-corrected chi connectivity index (χ4v) is 5.79. The molecular weight excluding hydrogens is 596 g/mol. The summed E-state index contributed by atoms with van der Waals surface area (Å²) < 4.78 is 2.36. The van der Waals surface area contributed by atoms with Crippen LogP contribution in [0.5, 0.6) is 0 Å². The van der Waals surface area contributed by atoms with Crippen molar-refractivity contribution in [3.05, 3.63) is 83.1 Å². The standard InChI is InChI=1S/C15H12ClN3.C13H17NOS.C6H14.2C2H6/c1-17-10-4-5-13(16)12(9-10)15-11-3-2-7-18-14(11)6-8-19-15;1-11-9-13(6-5-12(11)10-15)14-7-3-2-4-8-16-14;1-3-5-6-4-2;2*1-2/h2-9,17H,1H3;5-6,9-10H,2-4,7-8H2,1H3;3-6H2,1-2H3;2*1-2H3. The molecule has 1 fully saturated rings. The van der Waals surface area contributed by atoms with Crippen molar-refractivity contribution in [2.45, 2.75) is 93.4 Å². The van der Waals surface area contributed by atoms with E-state index in [1.54, 1.807) is 12.4 Å². The SMILES string of the molecule is CC.CC.CCCCCC.CNc1ccc(Cl)c(-c2nccc3ncccc23)c1.Cc1cc(N2CCCCCS2)ccc1C=O. The van der Waals surface area contributed by atoms with Gasteiger partial charge in [0.1, 0.15) is 6.29 Å². The van der Waals surface area contributed by atoms with E-state index in [0.29, 0.717) is 5.02 Å². The minimum Gasteiger partial charge on any atom is -0.388 e. The van der Waals surface area contributed by atoms with E-state index in [-0.39, 0.29) is 0 Å². The molecule has 0 unspecified atom stereocenters. The largest absolute Gasteiger partial charge is 0.388 e. The fourth-order valence-electron chi connectivity index (χ4n) is 4.50. The Bertz CT molecular complexity index is 1360. The van der Waals surface area contributed by atoms with Gasteiger partial charge in [-0.3, -0.25) is 14.8 Å². The average molecular weight is 651 g/mol. The summed E-state index contributed by atoms with van der Waals surface area (Å²) in [4.78, 5) is 19.6. The molecule has 1 aliphatic heterocycles. The predicted octanol–water partition coefficient (Wildman–Crippen LogP) is 12.1. The van der Waals surface area contributed by atoms with Crippen LogP contribution in [-0.2, 0) is 0 Å². The summed E-state index contributed by atoms with van der Waals surface area (Å²) >= 11 is 8.20. The molecule has 0 radical (unpaired) electrons. The number of nitrogens with zero attached hydrogens (tertiary/aromatic N) is 3. The quantitative estimate of drug-likeness (QED) is 0.122. The Balaban J connectivity index is 0.000000353. The lowest BCUT2D eigenvalue weighted by Gasteiger charge is -2.21. The number of halogens is 1. The van der Waals surface area contributed by atoms with Gasteiger partial charge in [-0.1, -0.05) is 85.2 Å². The maximum atomic E-state index is 10.8. The van der Waals surface area contributed by atoms with Gasteiger partial charge in [-0.05, 0) is 91.9 Å². The summed E-state index contributed by atoms with van der Waals surface area (Å²) in [5.41, 5.74) is 6.77. The first-order chi connectivity index (χ1) is 22.0. The van der Waals surface area contributed by atoms with Crippen LogP contribution in [0.15, 0.2) is 67.0 Å². The van der Waals surface area contributed by atoms with Crippen LogP contribution < -0.4 is 9.62 Å². The first-order valence-corrected chi connectivity index (χ1v) is 18.0. The number of hydrogen-bond acceptors (Lipinski definition) is 6. The van der Waals surface area contributed by atoms with Gasteiger partial charge < -0.3 is 9.62 Å². The minimum atomic E-state index is 0.683. The van der Waals surface area contributed by atoms with Crippen LogP contribution in [0.25, 0.3) is 22.2 Å². The average Bonchev–Trinajstić information content (AvgIpc) is 3.40. The number of anilines is 2. The molecule has 2 aromatic heterocycles. The van der Waals surface area contributed by atoms with E-state index in [1.165, 1.54) is 56.4 Å². The van der Waals surface area contributed by atoms with E-state index in [0.717, 1.165) is 51.8 Å². The van der Waals surface area contributed by atoms with Crippen LogP contribution in [0.1, 0.15) is 102 Å². The molecule has 2 aromatic carbocycles. The maximum Gasteiger partial charge on any atom is 0.150 e. The molecule has 45 heavy (non-hydrogen) atoms. The van der Waals surface area contributed by atoms with Gasteiger partial charge in [-0.25, -0.2) is 0 Å². The number of unbranched alkanes of at least 4 members (excludes halogenated alkanes) is 3. The van der Waals surface area contributed by atoms with Crippen molar-refractivity contribution in [3.63, 3.8) is 0 Å². The van der Waals surface area contributed by atoms with Crippen molar-refractivity contribution in [3.8, 4) is 11.3 Å². The van der Waals surface area contributed by atoms with E-state index < -0.39 is 0 Å². The first-order valence-electron chi connectivity index (χ1n) is 16.7. The first kappa shape index (κ1) is 39.9. The number of nitrogens with one attached hydrogen (secondary N) is 1. The van der Waals surface area contributed by atoms with Gasteiger partial charge in [0.15, 0.2) is 0 Å². The van der Waals surface area contributed by atoms with Crippen LogP contribution in [0.2, 0.25) is 5.02 Å². The molecule has 0 atom stereocenters. The molecule has 1 N–H and O–H groups in total. The summed E-state index contributed by atoms with van der Waals surface area (Å²) in [6.45, 7) is 15.6. The zero-order valence-corrected chi connectivity index (χ0v) is 30.4. The highest BCUT2D eigenvalue weighted by Crippen LogP contribution is 2.33. The molecule has 5 nitrogen and oxygen atoms in total. The van der Waals surface area contributed by atoms with Crippen molar-refractivity contribution in [1.29, 1.82) is 0 Å². The number of aromatic nitrogens is 2. The lowest BCUT2D eigenvalue weighted by molar-refractivity contribution is 0.112. The Hall–Kier alpha value is -3.09. The number of rotatable bonds is 7. The molecule has 5 rings (SSSR count). The zero-order chi connectivity index (χ0) is 33.5. The smallest absolute Gasteiger partial charge is 0.150 e. The summed E-state index contributed by atoms with van der Waals surface area (Å²) in [6, 6.07) is 17.7. The van der Waals surface area contributed by atoms with Crippen molar-refractivity contribution < 1.29 is 4.79 Å². The van der Waals surface area contributed by atoms with Crippen molar-refractivity contribution >= 4 is 52.1 Å². The van der Waals surface area contributed by atoms with Gasteiger partial charge in [-0.15, -0.1) is 0 Å². The van der Waals surface area contributed by atoms with Crippen LogP contribution in [0.4, 0.5) is 11.4 Å². The zero-order valence-electron chi connectivity index (χ0n) is 28.8. The Labute approximate surface area is 282 Å². The van der Waals surface area contributed by atoms with Gasteiger partial charge in [0.2, 0.25) is 0 Å². The monoisotopic (exact) mass is 650 g/mol. The Kier molecular flexibility index (Phi) is 21.5. The minimum absolute atomic E-state index is 0.683. The normalized spacial score (nSPS) is 12.0. The lowest BCUT2D eigenvalue weighted by atomic mass is 10.1. The molecular formula is C38H55ClN4OS. The number of aryl methyl sites for hydroxylation is 1. The number of pyridine rings is 2. The van der Waals surface area contributed by atoms with Gasteiger partial charge in [0, 0.05) is 59.6 Å². The number of carbonyl (C=O) groups excluding carboxylic acids is 1. The van der Waals surface area contributed by atoms with Crippen molar-refractivity contribution in [2.24, 2.45) is 0 Å². The second-order valence-electron chi connectivity index (χ2n) is 10.0. The Morgan fingerprint density at radius 3 is 2.29 bits per heavy atom. The summed E-state index contributed by atoms with van der Waals surface area (Å²) in [5.74, 6) is 1.20. The molecule has 7 heteroatoms. The highest BCUT2D eigenvalue weighted by Gasteiger charge is 2.12. The second kappa shape index (κ2) is 24.2. The van der Waals surface area contributed by atoms with Crippen molar-refractivity contribution in [2.75, 3.05) is 29.0 Å². The molecule has 0 spiro atoms. The molecule has 0 saturated carbocycles. The number of aldehydes is 1. The third kappa shape index (κ3) is 13.4. The molecule has 1 aliphatic rings. The highest BCUT2D eigenvalue weighted by atomic mass is 35.5. The molecule has 3 heterocycles. The lowest BCUT2D eigenvalue weighted by Crippen LogP contribution is -2.14. The van der Waals surface area contributed by atoms with E-state index in [1.807, 2.05) is 96.1 Å². The number of fused-ring (bicyclic) bond motifs is 1. The van der Waals surface area contributed by atoms with Gasteiger partial charge in [0.25, 0.3) is 0 Å². The maximum absolute atomic E-state index is 10.8. The molecule has 0 bridgehead atoms. The summed E-state index contributed by atoms with van der Waals surface area (Å²) in [7, 11) is 1.88. The van der Waals surface area contributed by atoms with Gasteiger partial charge in [-0.2, -0.15) is 0 Å². The van der Waals surface area contributed by atoms with Gasteiger partial charge in [0.05, 0.1) is 16.2 Å². The summed E-state index contributed by atoms with van der Waals surface area (Å²) in [5, 5.41) is 4.79. The number of hydrogen-bond donors (Lipinski definition) is 1. The van der Waals surface area contributed by atoms with Crippen LogP contribution in [0.3, 0.4) is 0 Å². The molecule has 0 aliphatic carbocycles. The van der Waals surface area contributed by atoms with Crippen LogP contribution >= 0.6 is 23.5 Å². The van der Waals surface area contributed by atoms with E-state index in [4.69, 9.17) is 11.6 Å². The molecule has 246 valence electrons. The van der Waals surface area contributed by atoms with Gasteiger partial charge >= 0.3 is 0 Å². The van der Waals surface area contributed by atoms with E-state index in [9.17, 15) is 4.79 Å². The van der Waals surface area contributed by atoms with Crippen LogP contribution in [-0.4, -0.2) is 35.6 Å². The molecule has 1 saturated heterocycles. The topological polar surface area (TPSA) is 58.1 Å². The Morgan fingerprint density at radius 2 is 1.64 bits per heavy atom. The van der Waals surface area contributed by atoms with Crippen molar-refractivity contribution in [1.82, 2.24) is 9.97 Å². The Morgan fingerprint density at radius 1 is 0.911 bits per heavy atom. The van der Waals surface area contributed by atoms with E-state index >= 15 is 0 Å². The molecule has 4 aromatic rings. The third-order valence-corrected chi connectivity index (χ3v) is 8.42. The predicted molar refractivity (Wildman–Crippen MR) is 202 cm³/mol.